The summed E-state index contributed by atoms with van der Waals surface area (Å²) in [4.78, 5) is 0. The van der Waals surface area contributed by atoms with E-state index < -0.39 is 0 Å². The molecule has 0 atom stereocenters. The van der Waals surface area contributed by atoms with Gasteiger partial charge in [0.2, 0.25) is 0 Å². The maximum Gasteiger partial charge on any atom is 0 e. The van der Waals surface area contributed by atoms with Crippen LogP contribution in [0.4, 0.5) is 0 Å². The Hall–Kier alpha value is 1.50. The third-order valence-electron chi connectivity index (χ3n) is 0. The second kappa shape index (κ2) is 24.4. The van der Waals surface area contributed by atoms with E-state index in [9.17, 15) is 0 Å². The minimum absolute atomic E-state index is 0. The van der Waals surface area contributed by atoms with Crippen LogP contribution in [0.2, 0.25) is 0 Å². The van der Waals surface area contributed by atoms with E-state index in [1.54, 1.807) is 0 Å². The molecular formula is H5HfNOTi. The van der Waals surface area contributed by atoms with E-state index in [0.29, 0.717) is 0 Å². The maximum absolute atomic E-state index is 0. The molecule has 0 radical (unpaired) electrons. The van der Waals surface area contributed by atoms with Gasteiger partial charge in [0.1, 0.15) is 0 Å². The third-order valence-corrected chi connectivity index (χ3v) is 0. The van der Waals surface area contributed by atoms with E-state index in [1.807, 2.05) is 0 Å². The van der Waals surface area contributed by atoms with Gasteiger partial charge in [0, 0.05) is 47.6 Å². The standard InChI is InChI=1S/Hf.H3N.H2O.Ti/h;1H3;1H2;. The molecule has 0 aliphatic heterocycles. The van der Waals surface area contributed by atoms with Crippen molar-refractivity contribution in [2.45, 2.75) is 0 Å². The van der Waals surface area contributed by atoms with Gasteiger partial charge in [0.05, 0.1) is 0 Å². The molecular weight excluding hydrogens is 256 g/mol. The second-order valence-electron chi connectivity index (χ2n) is 0. The maximum atomic E-state index is 0. The Morgan fingerprint density at radius 2 is 1.00 bits per heavy atom. The molecule has 0 rings (SSSR count). The van der Waals surface area contributed by atoms with Gasteiger partial charge >= 0.3 is 0 Å². The van der Waals surface area contributed by atoms with Crippen molar-refractivity contribution < 1.29 is 53.0 Å². The fraction of sp³-hybridized carbons (Fsp3) is 0. The van der Waals surface area contributed by atoms with Gasteiger partial charge in [-0.3, -0.25) is 0 Å². The first kappa shape index (κ1) is 49.3. The topological polar surface area (TPSA) is 66.5 Å². The molecule has 0 unspecified atom stereocenters. The molecule has 0 spiro atoms. The molecule has 0 aliphatic rings. The Morgan fingerprint density at radius 1 is 1.00 bits per heavy atom. The summed E-state index contributed by atoms with van der Waals surface area (Å²) in [5, 5.41) is 0. The van der Waals surface area contributed by atoms with Crippen molar-refractivity contribution in [3.05, 3.63) is 0 Å². The largest absolute Gasteiger partial charge is 0.412 e. The fourth-order valence-electron chi connectivity index (χ4n) is 0. The quantitative estimate of drug-likeness (QED) is 0.578. The molecule has 4 heteroatoms. The van der Waals surface area contributed by atoms with Crippen LogP contribution < -0.4 is 6.15 Å². The molecule has 0 aromatic rings. The van der Waals surface area contributed by atoms with Crippen LogP contribution in [0.25, 0.3) is 0 Å². The second-order valence-corrected chi connectivity index (χ2v) is 0. The Bertz CT molecular complexity index is 8.00. The van der Waals surface area contributed by atoms with Crippen LogP contribution in [0.15, 0.2) is 0 Å². The number of rotatable bonds is 0. The summed E-state index contributed by atoms with van der Waals surface area (Å²) in [6, 6.07) is 0. The zero-order valence-electron chi connectivity index (χ0n) is 2.21. The van der Waals surface area contributed by atoms with Crippen molar-refractivity contribution in [3.63, 3.8) is 0 Å². The monoisotopic (exact) mass is 263 g/mol. The molecule has 0 bridgehead atoms. The average molecular weight is 261 g/mol. The molecule has 0 aromatic heterocycles. The van der Waals surface area contributed by atoms with E-state index in [4.69, 9.17) is 0 Å². The van der Waals surface area contributed by atoms with Gasteiger partial charge in [0.15, 0.2) is 0 Å². The predicted octanol–water partition coefficient (Wildman–Crippen LogP) is -0.668. The summed E-state index contributed by atoms with van der Waals surface area (Å²) in [6.45, 7) is 0. The van der Waals surface area contributed by atoms with Crippen molar-refractivity contribution in [2.24, 2.45) is 0 Å². The third kappa shape index (κ3) is 9.71. The first-order chi connectivity index (χ1) is 0. The van der Waals surface area contributed by atoms with Crippen molar-refractivity contribution in [1.29, 1.82) is 0 Å². The van der Waals surface area contributed by atoms with Gasteiger partial charge in [-0.25, -0.2) is 0 Å². The summed E-state index contributed by atoms with van der Waals surface area (Å²) in [5.74, 6) is 0. The molecule has 5 N–H and O–H groups in total. The Morgan fingerprint density at radius 3 is 1.00 bits per heavy atom. The van der Waals surface area contributed by atoms with Gasteiger partial charge in [-0.15, -0.1) is 0 Å². The van der Waals surface area contributed by atoms with Crippen molar-refractivity contribution in [2.75, 3.05) is 0 Å². The van der Waals surface area contributed by atoms with Gasteiger partial charge in [-0.1, -0.05) is 0 Å². The van der Waals surface area contributed by atoms with Crippen molar-refractivity contribution in [1.82, 2.24) is 6.15 Å². The number of hydrogen-bond acceptors (Lipinski definition) is 1. The minimum Gasteiger partial charge on any atom is -0.412 e. The Kier molecular flexibility index (Phi) is 302. The molecule has 0 saturated carbocycles. The normalized spacial score (nSPS) is 0. The summed E-state index contributed by atoms with van der Waals surface area (Å²) in [5.41, 5.74) is 0. The van der Waals surface area contributed by atoms with E-state index in [-0.39, 0.29) is 59.2 Å². The number of hydrogen-bond donors (Lipinski definition) is 1. The SMILES string of the molecule is N.O.[Hf].[Ti]. The molecule has 0 heterocycles. The zero-order valence-corrected chi connectivity index (χ0v) is 7.36. The summed E-state index contributed by atoms with van der Waals surface area (Å²) >= 11 is 0. The Balaban J connectivity index is 0. The van der Waals surface area contributed by atoms with E-state index in [2.05, 4.69) is 0 Å². The first-order valence-corrected chi connectivity index (χ1v) is 0. The molecule has 0 aliphatic carbocycles. The van der Waals surface area contributed by atoms with Crippen molar-refractivity contribution >= 4 is 0 Å². The predicted molar refractivity (Wildman–Crippen MR) is 8.64 cm³/mol. The zero-order chi connectivity index (χ0) is 0. The summed E-state index contributed by atoms with van der Waals surface area (Å²) in [6.07, 6.45) is 0. The van der Waals surface area contributed by atoms with Crippen LogP contribution >= 0.6 is 0 Å². The van der Waals surface area contributed by atoms with E-state index in [0.717, 1.165) is 0 Å². The Labute approximate surface area is 58.9 Å². The molecule has 4 heavy (non-hydrogen) atoms. The minimum atomic E-state index is 0. The molecule has 0 fully saturated rings. The van der Waals surface area contributed by atoms with E-state index >= 15 is 0 Å². The summed E-state index contributed by atoms with van der Waals surface area (Å²) < 4.78 is 0. The molecule has 0 amide bonds. The average Bonchev–Trinajstić information content (AvgIpc) is 0. The van der Waals surface area contributed by atoms with E-state index in [1.165, 1.54) is 0 Å². The molecule has 0 saturated heterocycles. The molecule has 24 valence electrons. The first-order valence-electron chi connectivity index (χ1n) is 0. The van der Waals surface area contributed by atoms with Crippen LogP contribution in [0.5, 0.6) is 0 Å². The van der Waals surface area contributed by atoms with Gasteiger partial charge in [-0.05, 0) is 0 Å². The van der Waals surface area contributed by atoms with Crippen molar-refractivity contribution in [3.8, 4) is 0 Å². The van der Waals surface area contributed by atoms with Crippen LogP contribution in [0.1, 0.15) is 0 Å². The molecule has 0 aromatic carbocycles. The smallest absolute Gasteiger partial charge is 0 e. The molecule has 2 nitrogen and oxygen atoms in total. The van der Waals surface area contributed by atoms with Crippen LogP contribution in [-0.4, -0.2) is 5.48 Å². The van der Waals surface area contributed by atoms with Crippen LogP contribution in [0.3, 0.4) is 0 Å². The van der Waals surface area contributed by atoms with Gasteiger partial charge in [-0.2, -0.15) is 0 Å². The van der Waals surface area contributed by atoms with Crippen LogP contribution in [0, 0.1) is 0 Å². The fourth-order valence-corrected chi connectivity index (χ4v) is 0. The summed E-state index contributed by atoms with van der Waals surface area (Å²) in [7, 11) is 0. The van der Waals surface area contributed by atoms with Crippen LogP contribution in [-0.2, 0) is 47.6 Å². The van der Waals surface area contributed by atoms with Gasteiger partial charge in [0.25, 0.3) is 0 Å². The van der Waals surface area contributed by atoms with Gasteiger partial charge < -0.3 is 11.6 Å².